The molecule has 1 aliphatic rings. The van der Waals surface area contributed by atoms with Gasteiger partial charge in [0.15, 0.2) is 9.84 Å². The SMILES string of the molecule is CCCC[C@]1(CC)CS(=O)(=O)c2cc(CS(=O)(=O)O)c(OC)cc2[C@@H](c2ccccc2)N1. The van der Waals surface area contributed by atoms with Crippen molar-refractivity contribution in [3.8, 4) is 5.75 Å². The summed E-state index contributed by atoms with van der Waals surface area (Å²) in [6, 6.07) is 12.1. The Balaban J connectivity index is 2.29. The summed E-state index contributed by atoms with van der Waals surface area (Å²) < 4.78 is 65.2. The summed E-state index contributed by atoms with van der Waals surface area (Å²) in [6.07, 6.45) is 3.15. The Kier molecular flexibility index (Phi) is 7.34. The molecule has 0 spiro atoms. The smallest absolute Gasteiger partial charge is 0.269 e. The number of hydrogen-bond acceptors (Lipinski definition) is 6. The minimum Gasteiger partial charge on any atom is -0.496 e. The first kappa shape index (κ1) is 24.7. The van der Waals surface area contributed by atoms with Gasteiger partial charge in [0.25, 0.3) is 10.1 Å². The van der Waals surface area contributed by atoms with Crippen molar-refractivity contribution >= 4 is 20.0 Å². The molecule has 1 aliphatic heterocycles. The Morgan fingerprint density at radius 2 is 1.88 bits per heavy atom. The van der Waals surface area contributed by atoms with E-state index < -0.39 is 37.3 Å². The Bertz CT molecular complexity index is 1160. The molecule has 0 saturated heterocycles. The molecule has 2 atom stereocenters. The van der Waals surface area contributed by atoms with Gasteiger partial charge in [-0.05, 0) is 36.1 Å². The van der Waals surface area contributed by atoms with E-state index in [4.69, 9.17) is 4.74 Å². The van der Waals surface area contributed by atoms with Crippen LogP contribution in [0, 0.1) is 0 Å². The van der Waals surface area contributed by atoms with Gasteiger partial charge in [0.1, 0.15) is 11.5 Å². The van der Waals surface area contributed by atoms with E-state index in [0.717, 1.165) is 18.4 Å². The van der Waals surface area contributed by atoms with Crippen LogP contribution in [0.1, 0.15) is 62.3 Å². The summed E-state index contributed by atoms with van der Waals surface area (Å²) in [5, 5.41) is 3.66. The van der Waals surface area contributed by atoms with Gasteiger partial charge in [-0.2, -0.15) is 8.42 Å². The first-order valence-electron chi connectivity index (χ1n) is 10.8. The van der Waals surface area contributed by atoms with Crippen molar-refractivity contribution in [1.82, 2.24) is 5.32 Å². The lowest BCUT2D eigenvalue weighted by molar-refractivity contribution is 0.294. The highest BCUT2D eigenvalue weighted by Gasteiger charge is 2.42. The third-order valence-electron chi connectivity index (χ3n) is 6.13. The highest BCUT2D eigenvalue weighted by molar-refractivity contribution is 7.91. The zero-order chi connectivity index (χ0) is 23.6. The van der Waals surface area contributed by atoms with Gasteiger partial charge in [-0.3, -0.25) is 9.87 Å². The third-order valence-corrected chi connectivity index (χ3v) is 8.76. The summed E-state index contributed by atoms with van der Waals surface area (Å²) >= 11 is 0. The van der Waals surface area contributed by atoms with E-state index in [1.807, 2.05) is 37.3 Å². The van der Waals surface area contributed by atoms with Crippen molar-refractivity contribution in [3.05, 3.63) is 59.2 Å². The number of sulfone groups is 1. The molecule has 2 aromatic carbocycles. The molecule has 32 heavy (non-hydrogen) atoms. The van der Waals surface area contributed by atoms with E-state index in [-0.39, 0.29) is 22.0 Å². The van der Waals surface area contributed by atoms with Crippen LogP contribution in [0.2, 0.25) is 0 Å². The van der Waals surface area contributed by atoms with Crippen molar-refractivity contribution in [2.75, 3.05) is 12.9 Å². The second-order valence-corrected chi connectivity index (χ2v) is 11.8. The normalized spacial score (nSPS) is 22.7. The molecule has 3 rings (SSSR count). The fraction of sp³-hybridized carbons (Fsp3) is 0.478. The number of unbranched alkanes of at least 4 members (excludes halogenated alkanes) is 1. The van der Waals surface area contributed by atoms with Crippen LogP contribution in [0.4, 0.5) is 0 Å². The largest absolute Gasteiger partial charge is 0.496 e. The number of methoxy groups -OCH3 is 1. The predicted molar refractivity (Wildman–Crippen MR) is 124 cm³/mol. The highest BCUT2D eigenvalue weighted by atomic mass is 32.2. The third kappa shape index (κ3) is 5.33. The van der Waals surface area contributed by atoms with Gasteiger partial charge in [-0.25, -0.2) is 8.42 Å². The topological polar surface area (TPSA) is 110 Å². The minimum atomic E-state index is -4.38. The first-order chi connectivity index (χ1) is 15.0. The summed E-state index contributed by atoms with van der Waals surface area (Å²) in [7, 11) is -6.75. The molecule has 0 aliphatic carbocycles. The van der Waals surface area contributed by atoms with Gasteiger partial charge in [-0.1, -0.05) is 57.0 Å². The van der Waals surface area contributed by atoms with Crippen molar-refractivity contribution in [2.45, 2.75) is 61.8 Å². The summed E-state index contributed by atoms with van der Waals surface area (Å²) in [4.78, 5) is 0.0742. The van der Waals surface area contributed by atoms with Crippen molar-refractivity contribution < 1.29 is 26.1 Å². The first-order valence-corrected chi connectivity index (χ1v) is 14.0. The number of ether oxygens (including phenoxy) is 1. The zero-order valence-corrected chi connectivity index (χ0v) is 20.3. The monoisotopic (exact) mass is 481 g/mol. The number of benzene rings is 2. The Labute approximate surface area is 190 Å². The second-order valence-electron chi connectivity index (χ2n) is 8.41. The second kappa shape index (κ2) is 9.51. The Morgan fingerprint density at radius 3 is 2.44 bits per heavy atom. The van der Waals surface area contributed by atoms with E-state index in [2.05, 4.69) is 12.2 Å². The van der Waals surface area contributed by atoms with Gasteiger partial charge in [0, 0.05) is 11.1 Å². The van der Waals surface area contributed by atoms with E-state index in [9.17, 15) is 21.4 Å². The molecule has 0 saturated carbocycles. The number of fused-ring (bicyclic) bond motifs is 1. The summed E-state index contributed by atoms with van der Waals surface area (Å²) in [5.41, 5.74) is 0.899. The lowest BCUT2D eigenvalue weighted by Crippen LogP contribution is -2.50. The van der Waals surface area contributed by atoms with Gasteiger partial charge in [-0.15, -0.1) is 0 Å². The molecular formula is C23H31NO6S2. The Morgan fingerprint density at radius 1 is 1.19 bits per heavy atom. The molecule has 0 bridgehead atoms. The van der Waals surface area contributed by atoms with Crippen LogP contribution >= 0.6 is 0 Å². The minimum absolute atomic E-state index is 0.0742. The molecule has 0 amide bonds. The molecule has 2 aromatic rings. The van der Waals surface area contributed by atoms with E-state index in [1.165, 1.54) is 13.2 Å². The predicted octanol–water partition coefficient (Wildman–Crippen LogP) is 3.89. The van der Waals surface area contributed by atoms with Gasteiger partial charge in [0.2, 0.25) is 0 Å². The molecule has 1 heterocycles. The van der Waals surface area contributed by atoms with Crippen molar-refractivity contribution in [1.29, 1.82) is 0 Å². The molecule has 176 valence electrons. The molecule has 0 radical (unpaired) electrons. The molecule has 0 aromatic heterocycles. The fourth-order valence-electron chi connectivity index (χ4n) is 4.43. The fourth-order valence-corrected chi connectivity index (χ4v) is 7.22. The van der Waals surface area contributed by atoms with Gasteiger partial charge >= 0.3 is 0 Å². The number of hydrogen-bond donors (Lipinski definition) is 2. The van der Waals surface area contributed by atoms with E-state index >= 15 is 0 Å². The molecule has 2 N–H and O–H groups in total. The maximum atomic E-state index is 13.6. The zero-order valence-electron chi connectivity index (χ0n) is 18.7. The van der Waals surface area contributed by atoms with Crippen LogP contribution in [-0.2, 0) is 25.7 Å². The average Bonchev–Trinajstić information content (AvgIpc) is 2.84. The number of nitrogens with one attached hydrogen (secondary N) is 1. The van der Waals surface area contributed by atoms with Crippen LogP contribution in [0.3, 0.4) is 0 Å². The number of rotatable bonds is 8. The van der Waals surface area contributed by atoms with Crippen LogP contribution in [0.5, 0.6) is 5.75 Å². The average molecular weight is 482 g/mol. The maximum Gasteiger partial charge on any atom is 0.269 e. The lowest BCUT2D eigenvalue weighted by atomic mass is 9.88. The van der Waals surface area contributed by atoms with E-state index in [1.54, 1.807) is 6.07 Å². The Hall–Kier alpha value is -1.94. The lowest BCUT2D eigenvalue weighted by Gasteiger charge is -2.36. The van der Waals surface area contributed by atoms with Crippen molar-refractivity contribution in [2.24, 2.45) is 0 Å². The van der Waals surface area contributed by atoms with Crippen LogP contribution in [0.15, 0.2) is 47.4 Å². The molecule has 0 unspecified atom stereocenters. The quantitative estimate of drug-likeness (QED) is 0.551. The van der Waals surface area contributed by atoms with Crippen LogP contribution in [0.25, 0.3) is 0 Å². The summed E-state index contributed by atoms with van der Waals surface area (Å²) in [5.74, 6) is -0.599. The standard InChI is InChI=1S/C23H31NO6S2/c1-4-6-12-23(5-2)16-31(25,26)21-13-18(15-32(27,28)29)20(30-3)14-19(21)22(24-23)17-10-8-7-9-11-17/h7-11,13-14,22,24H,4-6,12,15-16H2,1-3H3,(H,27,28,29)/t22-,23-/m1/s1. The highest BCUT2D eigenvalue weighted by Crippen LogP contribution is 2.41. The van der Waals surface area contributed by atoms with E-state index in [0.29, 0.717) is 18.4 Å². The maximum absolute atomic E-state index is 13.6. The van der Waals surface area contributed by atoms with Crippen LogP contribution in [-0.4, -0.2) is 39.8 Å². The molecule has 9 heteroatoms. The molecular weight excluding hydrogens is 450 g/mol. The van der Waals surface area contributed by atoms with Crippen LogP contribution < -0.4 is 10.1 Å². The summed E-state index contributed by atoms with van der Waals surface area (Å²) in [6.45, 7) is 4.06. The molecule has 0 fully saturated rings. The molecule has 7 nitrogen and oxygen atoms in total. The van der Waals surface area contributed by atoms with Crippen molar-refractivity contribution in [3.63, 3.8) is 0 Å². The van der Waals surface area contributed by atoms with Gasteiger partial charge in [0.05, 0.1) is 23.8 Å². The van der Waals surface area contributed by atoms with Gasteiger partial charge < -0.3 is 4.74 Å².